The maximum atomic E-state index is 10.8. The summed E-state index contributed by atoms with van der Waals surface area (Å²) < 4.78 is 9.14. The van der Waals surface area contributed by atoms with E-state index in [1.54, 1.807) is 0 Å². The van der Waals surface area contributed by atoms with Crippen LogP contribution in [0, 0.1) is 0 Å². The summed E-state index contributed by atoms with van der Waals surface area (Å²) in [5, 5.41) is 0. The van der Waals surface area contributed by atoms with Crippen molar-refractivity contribution in [3.63, 3.8) is 0 Å². The second-order valence-electron chi connectivity index (χ2n) is 7.60. The van der Waals surface area contributed by atoms with Crippen molar-refractivity contribution in [2.75, 3.05) is 14.2 Å². The van der Waals surface area contributed by atoms with Crippen LogP contribution < -0.4 is 0 Å². The molecule has 4 nitrogen and oxygen atoms in total. The Bertz CT molecular complexity index is 297. The minimum absolute atomic E-state index is 0.0732. The molecule has 4 heteroatoms. The lowest BCUT2D eigenvalue weighted by atomic mass is 10.1. The lowest BCUT2D eigenvalue weighted by Gasteiger charge is -2.00. The molecule has 0 amide bonds. The average Bonchev–Trinajstić information content (AvgIpc) is 2.72. The van der Waals surface area contributed by atoms with Crippen LogP contribution in [0.5, 0.6) is 0 Å². The predicted octanol–water partition coefficient (Wildman–Crippen LogP) is 7.38. The zero-order chi connectivity index (χ0) is 21.3. The summed E-state index contributed by atoms with van der Waals surface area (Å²) in [7, 11) is 2.90. The number of unbranched alkanes of at least 4 members (excludes halogenated alkanes) is 14. The van der Waals surface area contributed by atoms with Gasteiger partial charge in [-0.1, -0.05) is 104 Å². The SMILES string of the molecule is CCCCCCCCCCC(=O)OC.CCCCCCCCCCC(=O)OC. The first-order valence-corrected chi connectivity index (χ1v) is 11.8. The van der Waals surface area contributed by atoms with Crippen molar-refractivity contribution < 1.29 is 19.1 Å². The van der Waals surface area contributed by atoms with Gasteiger partial charge >= 0.3 is 11.9 Å². The zero-order valence-electron chi connectivity index (χ0n) is 19.4. The third kappa shape index (κ3) is 27.2. The number of carbonyl (C=O) groups excluding carboxylic acids is 2. The maximum absolute atomic E-state index is 10.8. The van der Waals surface area contributed by atoms with Crippen molar-refractivity contribution >= 4 is 11.9 Å². The largest absolute Gasteiger partial charge is 0.469 e. The first kappa shape index (κ1) is 29.1. The Balaban J connectivity index is 0. The van der Waals surface area contributed by atoms with Gasteiger partial charge in [-0.3, -0.25) is 9.59 Å². The van der Waals surface area contributed by atoms with Gasteiger partial charge in [0.15, 0.2) is 0 Å². The van der Waals surface area contributed by atoms with Crippen molar-refractivity contribution in [2.45, 2.75) is 129 Å². The van der Waals surface area contributed by atoms with E-state index >= 15 is 0 Å². The fourth-order valence-corrected chi connectivity index (χ4v) is 3.01. The summed E-state index contributed by atoms with van der Waals surface area (Å²) in [5.41, 5.74) is 0. The van der Waals surface area contributed by atoms with Gasteiger partial charge in [0.25, 0.3) is 0 Å². The number of carbonyl (C=O) groups is 2. The highest BCUT2D eigenvalue weighted by Crippen LogP contribution is 2.10. The Kier molecular flexibility index (Phi) is 27.0. The molecule has 0 aliphatic rings. The number of ether oxygens (including phenoxy) is 2. The number of hydrogen-bond donors (Lipinski definition) is 0. The molecule has 0 aliphatic heterocycles. The predicted molar refractivity (Wildman–Crippen MR) is 118 cm³/mol. The molecule has 168 valence electrons. The summed E-state index contributed by atoms with van der Waals surface area (Å²) in [6.45, 7) is 4.46. The van der Waals surface area contributed by atoms with Crippen molar-refractivity contribution in [2.24, 2.45) is 0 Å². The van der Waals surface area contributed by atoms with Gasteiger partial charge in [-0.15, -0.1) is 0 Å². The van der Waals surface area contributed by atoms with Crippen LogP contribution in [0.25, 0.3) is 0 Å². The molecule has 0 unspecified atom stereocenters. The van der Waals surface area contributed by atoms with Crippen LogP contribution in [-0.2, 0) is 19.1 Å². The number of hydrogen-bond acceptors (Lipinski definition) is 4. The van der Waals surface area contributed by atoms with Crippen molar-refractivity contribution in [1.82, 2.24) is 0 Å². The van der Waals surface area contributed by atoms with Crippen LogP contribution in [0.4, 0.5) is 0 Å². The molecule has 0 aromatic heterocycles. The monoisotopic (exact) mass is 400 g/mol. The highest BCUT2D eigenvalue weighted by atomic mass is 16.5. The van der Waals surface area contributed by atoms with Crippen LogP contribution in [0.15, 0.2) is 0 Å². The van der Waals surface area contributed by atoms with E-state index < -0.39 is 0 Å². The molecule has 0 rings (SSSR count). The molecular weight excluding hydrogens is 352 g/mol. The molecule has 0 radical (unpaired) electrons. The molecule has 0 saturated heterocycles. The first-order valence-electron chi connectivity index (χ1n) is 11.8. The van der Waals surface area contributed by atoms with Gasteiger partial charge in [-0.25, -0.2) is 0 Å². The van der Waals surface area contributed by atoms with E-state index in [0.717, 1.165) is 12.8 Å². The summed E-state index contributed by atoms with van der Waals surface area (Å²) in [6, 6.07) is 0. The van der Waals surface area contributed by atoms with E-state index in [1.165, 1.54) is 104 Å². The number of rotatable bonds is 18. The Labute approximate surface area is 175 Å². The highest BCUT2D eigenvalue weighted by Gasteiger charge is 1.99. The Morgan fingerprint density at radius 3 is 0.964 bits per heavy atom. The fourth-order valence-electron chi connectivity index (χ4n) is 3.01. The molecule has 0 aliphatic carbocycles. The van der Waals surface area contributed by atoms with E-state index in [1.807, 2.05) is 0 Å². The second kappa shape index (κ2) is 25.9. The third-order valence-electron chi connectivity index (χ3n) is 4.92. The van der Waals surface area contributed by atoms with E-state index in [-0.39, 0.29) is 11.9 Å². The van der Waals surface area contributed by atoms with Gasteiger partial charge < -0.3 is 9.47 Å². The molecule has 0 aromatic carbocycles. The minimum atomic E-state index is -0.0732. The van der Waals surface area contributed by atoms with Crippen molar-refractivity contribution in [1.29, 1.82) is 0 Å². The smallest absolute Gasteiger partial charge is 0.305 e. The van der Waals surface area contributed by atoms with Crippen molar-refractivity contribution in [3.05, 3.63) is 0 Å². The van der Waals surface area contributed by atoms with E-state index in [2.05, 4.69) is 23.3 Å². The van der Waals surface area contributed by atoms with Crippen LogP contribution in [0.2, 0.25) is 0 Å². The second-order valence-corrected chi connectivity index (χ2v) is 7.60. The summed E-state index contributed by atoms with van der Waals surface area (Å²) >= 11 is 0. The molecule has 0 heterocycles. The van der Waals surface area contributed by atoms with Gasteiger partial charge in [0, 0.05) is 12.8 Å². The van der Waals surface area contributed by atoms with Crippen LogP contribution in [0.1, 0.15) is 129 Å². The average molecular weight is 401 g/mol. The Morgan fingerprint density at radius 1 is 0.464 bits per heavy atom. The van der Waals surface area contributed by atoms with E-state index in [4.69, 9.17) is 0 Å². The number of methoxy groups -OCH3 is 2. The molecule has 0 atom stereocenters. The molecule has 0 aromatic rings. The summed E-state index contributed by atoms with van der Waals surface area (Å²) in [4.78, 5) is 21.5. The molecule has 0 fully saturated rings. The van der Waals surface area contributed by atoms with Gasteiger partial charge in [0.1, 0.15) is 0 Å². The summed E-state index contributed by atoms with van der Waals surface area (Å²) in [6.07, 6.45) is 21.4. The normalized spacial score (nSPS) is 10.1. The third-order valence-corrected chi connectivity index (χ3v) is 4.92. The number of esters is 2. The summed E-state index contributed by atoms with van der Waals surface area (Å²) in [5.74, 6) is -0.146. The standard InChI is InChI=1S/2C12H24O2/c2*1-3-4-5-6-7-8-9-10-11-12(13)14-2/h2*3-11H2,1-2H3. The van der Waals surface area contributed by atoms with E-state index in [9.17, 15) is 9.59 Å². The molecule has 0 bridgehead atoms. The van der Waals surface area contributed by atoms with Gasteiger partial charge in [-0.05, 0) is 12.8 Å². The molecule has 0 saturated carbocycles. The van der Waals surface area contributed by atoms with Gasteiger partial charge in [0.05, 0.1) is 14.2 Å². The van der Waals surface area contributed by atoms with E-state index in [0.29, 0.717) is 12.8 Å². The van der Waals surface area contributed by atoms with Gasteiger partial charge in [0.2, 0.25) is 0 Å². The van der Waals surface area contributed by atoms with Crippen LogP contribution in [-0.4, -0.2) is 26.2 Å². The zero-order valence-corrected chi connectivity index (χ0v) is 19.4. The lowest BCUT2D eigenvalue weighted by molar-refractivity contribution is -0.141. The molecule has 28 heavy (non-hydrogen) atoms. The Morgan fingerprint density at radius 2 is 0.714 bits per heavy atom. The fraction of sp³-hybridized carbons (Fsp3) is 0.917. The Hall–Kier alpha value is -1.06. The first-order chi connectivity index (χ1) is 13.6. The topological polar surface area (TPSA) is 52.6 Å². The minimum Gasteiger partial charge on any atom is -0.469 e. The quantitative estimate of drug-likeness (QED) is 0.178. The highest BCUT2D eigenvalue weighted by molar-refractivity contribution is 5.69. The molecule has 0 spiro atoms. The maximum Gasteiger partial charge on any atom is 0.305 e. The van der Waals surface area contributed by atoms with Gasteiger partial charge in [-0.2, -0.15) is 0 Å². The molecular formula is C24H48O4. The van der Waals surface area contributed by atoms with Crippen LogP contribution >= 0.6 is 0 Å². The van der Waals surface area contributed by atoms with Crippen LogP contribution in [0.3, 0.4) is 0 Å². The van der Waals surface area contributed by atoms with Crippen molar-refractivity contribution in [3.8, 4) is 0 Å². The lowest BCUT2D eigenvalue weighted by Crippen LogP contribution is -1.99. The molecule has 0 N–H and O–H groups in total.